The van der Waals surface area contributed by atoms with E-state index in [0.717, 1.165) is 17.1 Å². The number of halogens is 1. The maximum atomic E-state index is 6.12. The Bertz CT molecular complexity index is 500. The molecule has 2 nitrogen and oxygen atoms in total. The van der Waals surface area contributed by atoms with E-state index in [0.29, 0.717) is 6.54 Å². The van der Waals surface area contributed by atoms with Gasteiger partial charge in [-0.05, 0) is 31.5 Å². The van der Waals surface area contributed by atoms with Gasteiger partial charge in [-0.3, -0.25) is 0 Å². The Morgan fingerprint density at radius 2 is 2.07 bits per heavy atom. The van der Waals surface area contributed by atoms with Gasteiger partial charge in [-0.25, -0.2) is 0 Å². The third-order valence-electron chi connectivity index (χ3n) is 2.81. The van der Waals surface area contributed by atoms with Crippen molar-refractivity contribution in [1.82, 2.24) is 4.57 Å². The average Bonchev–Trinajstić information content (AvgIpc) is 2.51. The van der Waals surface area contributed by atoms with Crippen LogP contribution in [0.1, 0.15) is 11.3 Å². The molecule has 1 heterocycles. The number of nitrogens with zero attached hydrogens (tertiary/aromatic N) is 1. The molecule has 3 heteroatoms. The minimum absolute atomic E-state index is 0.649. The Labute approximate surface area is 94.6 Å². The van der Waals surface area contributed by atoms with E-state index in [-0.39, 0.29) is 0 Å². The zero-order valence-corrected chi connectivity index (χ0v) is 9.80. The molecule has 0 saturated heterocycles. The van der Waals surface area contributed by atoms with Crippen molar-refractivity contribution in [2.75, 3.05) is 6.54 Å². The fourth-order valence-electron chi connectivity index (χ4n) is 2.07. The summed E-state index contributed by atoms with van der Waals surface area (Å²) in [5.41, 5.74) is 9.20. The summed E-state index contributed by atoms with van der Waals surface area (Å²) < 4.78 is 2.23. The molecule has 2 aromatic rings. The van der Waals surface area contributed by atoms with Crippen molar-refractivity contribution in [2.45, 2.75) is 20.4 Å². The third-order valence-corrected chi connectivity index (χ3v) is 3.22. The summed E-state index contributed by atoms with van der Waals surface area (Å²) >= 11 is 6.12. The molecule has 1 aromatic heterocycles. The van der Waals surface area contributed by atoms with Crippen LogP contribution in [-0.2, 0) is 6.54 Å². The predicted octanol–water partition coefficient (Wildman–Crippen LogP) is 2.87. The molecular weight excluding hydrogens is 208 g/mol. The Balaban J connectivity index is 2.77. The van der Waals surface area contributed by atoms with Crippen LogP contribution in [0.3, 0.4) is 0 Å². The van der Waals surface area contributed by atoms with E-state index in [1.54, 1.807) is 0 Å². The highest BCUT2D eigenvalue weighted by atomic mass is 35.5. The van der Waals surface area contributed by atoms with Crippen molar-refractivity contribution in [2.24, 2.45) is 5.73 Å². The van der Waals surface area contributed by atoms with E-state index in [1.165, 1.54) is 16.6 Å². The second-order valence-corrected chi connectivity index (χ2v) is 4.24. The molecule has 0 aliphatic heterocycles. The summed E-state index contributed by atoms with van der Waals surface area (Å²) in [4.78, 5) is 0. The smallest absolute Gasteiger partial charge is 0.0527 e. The van der Waals surface area contributed by atoms with Gasteiger partial charge in [-0.15, -0.1) is 0 Å². The molecule has 15 heavy (non-hydrogen) atoms. The van der Waals surface area contributed by atoms with Gasteiger partial charge in [-0.1, -0.05) is 17.7 Å². The molecule has 80 valence electrons. The Hall–Kier alpha value is -0.990. The first-order chi connectivity index (χ1) is 7.15. The molecule has 0 aliphatic rings. The van der Waals surface area contributed by atoms with E-state index in [4.69, 9.17) is 17.3 Å². The van der Waals surface area contributed by atoms with Crippen LogP contribution in [0.4, 0.5) is 0 Å². The molecule has 0 unspecified atom stereocenters. The lowest BCUT2D eigenvalue weighted by atomic mass is 10.1. The van der Waals surface area contributed by atoms with Gasteiger partial charge in [0.25, 0.3) is 0 Å². The second-order valence-electron chi connectivity index (χ2n) is 3.84. The monoisotopic (exact) mass is 222 g/mol. The van der Waals surface area contributed by atoms with Crippen LogP contribution in [0.2, 0.25) is 5.02 Å². The summed E-state index contributed by atoms with van der Waals surface area (Å²) in [5, 5.41) is 2.06. The average molecular weight is 223 g/mol. The van der Waals surface area contributed by atoms with Crippen LogP contribution in [0, 0.1) is 13.8 Å². The zero-order chi connectivity index (χ0) is 11.0. The van der Waals surface area contributed by atoms with E-state index >= 15 is 0 Å². The first-order valence-corrected chi connectivity index (χ1v) is 5.48. The van der Waals surface area contributed by atoms with Crippen molar-refractivity contribution in [1.29, 1.82) is 0 Å². The van der Waals surface area contributed by atoms with Gasteiger partial charge in [0.1, 0.15) is 0 Å². The summed E-state index contributed by atoms with van der Waals surface area (Å²) in [5.74, 6) is 0. The van der Waals surface area contributed by atoms with Crippen molar-refractivity contribution in [3.8, 4) is 0 Å². The molecular formula is C12H15ClN2. The van der Waals surface area contributed by atoms with E-state index < -0.39 is 0 Å². The molecule has 0 radical (unpaired) electrons. The number of aryl methyl sites for hydroxylation is 2. The summed E-state index contributed by atoms with van der Waals surface area (Å²) in [6, 6.07) is 6.18. The first-order valence-electron chi connectivity index (χ1n) is 5.10. The fraction of sp³-hybridized carbons (Fsp3) is 0.333. The minimum atomic E-state index is 0.649. The van der Waals surface area contributed by atoms with Crippen molar-refractivity contribution in [3.05, 3.63) is 34.5 Å². The van der Waals surface area contributed by atoms with Crippen LogP contribution in [0.5, 0.6) is 0 Å². The standard InChI is InChI=1S/C12H15ClN2/c1-8-7-10-3-4-11(13)9(2)12(10)15(8)6-5-14/h3-4,7H,5-6,14H2,1-2H3. The molecule has 0 aliphatic carbocycles. The highest BCUT2D eigenvalue weighted by molar-refractivity contribution is 6.32. The van der Waals surface area contributed by atoms with Crippen molar-refractivity contribution in [3.63, 3.8) is 0 Å². The number of hydrogen-bond acceptors (Lipinski definition) is 1. The lowest BCUT2D eigenvalue weighted by molar-refractivity contribution is 0.714. The van der Waals surface area contributed by atoms with Gasteiger partial charge in [0, 0.05) is 29.2 Å². The summed E-state index contributed by atoms with van der Waals surface area (Å²) in [6.07, 6.45) is 0. The molecule has 0 fully saturated rings. The van der Waals surface area contributed by atoms with E-state index in [2.05, 4.69) is 30.5 Å². The zero-order valence-electron chi connectivity index (χ0n) is 9.05. The van der Waals surface area contributed by atoms with Crippen molar-refractivity contribution >= 4 is 22.5 Å². The Morgan fingerprint density at radius 3 is 2.73 bits per heavy atom. The van der Waals surface area contributed by atoms with Gasteiger partial charge in [-0.2, -0.15) is 0 Å². The van der Waals surface area contributed by atoms with Crippen LogP contribution >= 0.6 is 11.6 Å². The summed E-state index contributed by atoms with van der Waals surface area (Å²) in [6.45, 7) is 5.65. The molecule has 0 amide bonds. The normalized spacial score (nSPS) is 11.2. The molecule has 0 saturated carbocycles. The number of aromatic nitrogens is 1. The Morgan fingerprint density at radius 1 is 1.33 bits per heavy atom. The van der Waals surface area contributed by atoms with Gasteiger partial charge < -0.3 is 10.3 Å². The number of benzene rings is 1. The topological polar surface area (TPSA) is 30.9 Å². The number of rotatable bonds is 2. The molecule has 2 N–H and O–H groups in total. The van der Waals surface area contributed by atoms with E-state index in [1.807, 2.05) is 6.07 Å². The van der Waals surface area contributed by atoms with Gasteiger partial charge in [0.15, 0.2) is 0 Å². The number of hydrogen-bond donors (Lipinski definition) is 1. The molecule has 0 spiro atoms. The van der Waals surface area contributed by atoms with Gasteiger partial charge >= 0.3 is 0 Å². The first kappa shape index (κ1) is 10.5. The lowest BCUT2D eigenvalue weighted by Crippen LogP contribution is -2.11. The summed E-state index contributed by atoms with van der Waals surface area (Å²) in [7, 11) is 0. The van der Waals surface area contributed by atoms with Gasteiger partial charge in [0.2, 0.25) is 0 Å². The van der Waals surface area contributed by atoms with Crippen LogP contribution in [0.15, 0.2) is 18.2 Å². The Kier molecular flexibility index (Phi) is 2.72. The van der Waals surface area contributed by atoms with Crippen LogP contribution in [-0.4, -0.2) is 11.1 Å². The SMILES string of the molecule is Cc1c(Cl)ccc2cc(C)n(CCN)c12. The quantitative estimate of drug-likeness (QED) is 0.833. The molecule has 2 rings (SSSR count). The number of nitrogens with two attached hydrogens (primary N) is 1. The lowest BCUT2D eigenvalue weighted by Gasteiger charge is -2.09. The van der Waals surface area contributed by atoms with Crippen molar-refractivity contribution < 1.29 is 0 Å². The third kappa shape index (κ3) is 1.64. The second kappa shape index (κ2) is 3.87. The van der Waals surface area contributed by atoms with Crippen LogP contribution < -0.4 is 5.73 Å². The van der Waals surface area contributed by atoms with Crippen LogP contribution in [0.25, 0.3) is 10.9 Å². The van der Waals surface area contributed by atoms with E-state index in [9.17, 15) is 0 Å². The fourth-order valence-corrected chi connectivity index (χ4v) is 2.22. The highest BCUT2D eigenvalue weighted by Gasteiger charge is 2.09. The maximum absolute atomic E-state index is 6.12. The highest BCUT2D eigenvalue weighted by Crippen LogP contribution is 2.27. The largest absolute Gasteiger partial charge is 0.343 e. The van der Waals surface area contributed by atoms with Gasteiger partial charge in [0.05, 0.1) is 5.52 Å². The molecule has 0 bridgehead atoms. The number of fused-ring (bicyclic) bond motifs is 1. The minimum Gasteiger partial charge on any atom is -0.343 e. The molecule has 1 aromatic carbocycles. The predicted molar refractivity (Wildman–Crippen MR) is 65.5 cm³/mol. The maximum Gasteiger partial charge on any atom is 0.0527 e. The molecule has 0 atom stereocenters.